The first kappa shape index (κ1) is 8.73. The van der Waals surface area contributed by atoms with Crippen molar-refractivity contribution < 1.29 is 4.74 Å². The molecule has 0 bridgehead atoms. The Kier molecular flexibility index (Phi) is 2.10. The third-order valence-electron chi connectivity index (χ3n) is 2.67. The Labute approximate surface area is 78.7 Å². The van der Waals surface area contributed by atoms with Crippen molar-refractivity contribution in [2.75, 3.05) is 0 Å². The first-order valence-corrected chi connectivity index (χ1v) is 4.65. The van der Waals surface area contributed by atoms with Gasteiger partial charge in [0, 0.05) is 0 Å². The molecule has 2 N–H and O–H groups in total. The average molecular weight is 177 g/mol. The van der Waals surface area contributed by atoms with E-state index in [1.54, 1.807) is 0 Å². The van der Waals surface area contributed by atoms with Crippen molar-refractivity contribution >= 4 is 0 Å². The summed E-state index contributed by atoms with van der Waals surface area (Å²) in [6.45, 7) is 4.81. The summed E-state index contributed by atoms with van der Waals surface area (Å²) in [5.74, 6) is 0. The molecule has 1 aromatic rings. The van der Waals surface area contributed by atoms with Crippen LogP contribution >= 0.6 is 0 Å². The Morgan fingerprint density at radius 3 is 3.00 bits per heavy atom. The van der Waals surface area contributed by atoms with Crippen LogP contribution < -0.4 is 5.73 Å². The first-order valence-electron chi connectivity index (χ1n) is 4.65. The van der Waals surface area contributed by atoms with E-state index in [-0.39, 0.29) is 12.1 Å². The summed E-state index contributed by atoms with van der Waals surface area (Å²) in [7, 11) is 0. The topological polar surface area (TPSA) is 35.2 Å². The van der Waals surface area contributed by atoms with Crippen molar-refractivity contribution in [2.24, 2.45) is 5.73 Å². The van der Waals surface area contributed by atoms with Gasteiger partial charge in [0.05, 0.1) is 18.8 Å². The average Bonchev–Trinajstić information content (AvgIpc) is 2.12. The lowest BCUT2D eigenvalue weighted by Crippen LogP contribution is -2.31. The van der Waals surface area contributed by atoms with E-state index in [1.165, 1.54) is 16.7 Å². The van der Waals surface area contributed by atoms with E-state index in [0.717, 1.165) is 0 Å². The number of hydrogen-bond donors (Lipinski definition) is 1. The monoisotopic (exact) mass is 177 g/mol. The van der Waals surface area contributed by atoms with Gasteiger partial charge < -0.3 is 10.5 Å². The maximum Gasteiger partial charge on any atom is 0.0744 e. The molecule has 70 valence electrons. The normalized spacial score (nSPS) is 27.0. The summed E-state index contributed by atoms with van der Waals surface area (Å²) in [4.78, 5) is 0. The van der Waals surface area contributed by atoms with Crippen LogP contribution in [0, 0.1) is 6.92 Å². The van der Waals surface area contributed by atoms with Crippen LogP contribution in [0.15, 0.2) is 18.2 Å². The zero-order valence-corrected chi connectivity index (χ0v) is 8.08. The van der Waals surface area contributed by atoms with Gasteiger partial charge in [-0.2, -0.15) is 0 Å². The maximum atomic E-state index is 6.03. The Bertz CT molecular complexity index is 322. The molecule has 0 fully saturated rings. The van der Waals surface area contributed by atoms with Gasteiger partial charge in [0.1, 0.15) is 0 Å². The zero-order valence-electron chi connectivity index (χ0n) is 8.08. The highest BCUT2D eigenvalue weighted by Gasteiger charge is 2.23. The Morgan fingerprint density at radius 1 is 1.46 bits per heavy atom. The lowest BCUT2D eigenvalue weighted by atomic mass is 9.94. The molecule has 0 aliphatic carbocycles. The van der Waals surface area contributed by atoms with Crippen LogP contribution in [0.25, 0.3) is 0 Å². The molecular weight excluding hydrogens is 162 g/mol. The van der Waals surface area contributed by atoms with E-state index in [2.05, 4.69) is 25.1 Å². The van der Waals surface area contributed by atoms with E-state index < -0.39 is 0 Å². The second-order valence-corrected chi connectivity index (χ2v) is 3.74. The predicted octanol–water partition coefficient (Wildman–Crippen LogP) is 1.91. The number of benzene rings is 1. The lowest BCUT2D eigenvalue weighted by Gasteiger charge is -2.29. The van der Waals surface area contributed by atoms with Crippen LogP contribution in [-0.2, 0) is 11.3 Å². The van der Waals surface area contributed by atoms with Crippen molar-refractivity contribution in [2.45, 2.75) is 32.6 Å². The van der Waals surface area contributed by atoms with E-state index in [1.807, 2.05) is 6.92 Å². The Balaban J connectivity index is 2.45. The van der Waals surface area contributed by atoms with E-state index in [0.29, 0.717) is 6.61 Å². The molecule has 0 saturated carbocycles. The van der Waals surface area contributed by atoms with Gasteiger partial charge in [-0.05, 0) is 25.0 Å². The molecule has 1 heterocycles. The predicted molar refractivity (Wildman–Crippen MR) is 52.4 cm³/mol. The van der Waals surface area contributed by atoms with Gasteiger partial charge in [0.25, 0.3) is 0 Å². The maximum absolute atomic E-state index is 6.03. The summed E-state index contributed by atoms with van der Waals surface area (Å²) in [6.07, 6.45) is 0.134. The van der Waals surface area contributed by atoms with Crippen molar-refractivity contribution in [1.29, 1.82) is 0 Å². The van der Waals surface area contributed by atoms with Gasteiger partial charge in [0.15, 0.2) is 0 Å². The number of fused-ring (bicyclic) bond motifs is 1. The van der Waals surface area contributed by atoms with Crippen LogP contribution in [0.2, 0.25) is 0 Å². The van der Waals surface area contributed by atoms with E-state index in [9.17, 15) is 0 Å². The molecule has 1 aliphatic heterocycles. The molecule has 0 saturated heterocycles. The van der Waals surface area contributed by atoms with E-state index in [4.69, 9.17) is 10.5 Å². The zero-order chi connectivity index (χ0) is 9.42. The van der Waals surface area contributed by atoms with Crippen molar-refractivity contribution in [3.05, 3.63) is 34.9 Å². The number of rotatable bonds is 0. The highest BCUT2D eigenvalue weighted by Crippen LogP contribution is 2.27. The second kappa shape index (κ2) is 3.13. The van der Waals surface area contributed by atoms with Crippen LogP contribution in [0.4, 0.5) is 0 Å². The fourth-order valence-electron chi connectivity index (χ4n) is 1.73. The number of aryl methyl sites for hydroxylation is 1. The van der Waals surface area contributed by atoms with Gasteiger partial charge >= 0.3 is 0 Å². The third kappa shape index (κ3) is 1.47. The van der Waals surface area contributed by atoms with Crippen LogP contribution in [0.5, 0.6) is 0 Å². The van der Waals surface area contributed by atoms with Gasteiger partial charge in [0.2, 0.25) is 0 Å². The summed E-state index contributed by atoms with van der Waals surface area (Å²) in [5.41, 5.74) is 9.78. The highest BCUT2D eigenvalue weighted by molar-refractivity contribution is 5.35. The van der Waals surface area contributed by atoms with Crippen LogP contribution in [0.3, 0.4) is 0 Å². The molecule has 1 unspecified atom stereocenters. The molecule has 0 aromatic heterocycles. The van der Waals surface area contributed by atoms with Crippen molar-refractivity contribution in [3.63, 3.8) is 0 Å². The minimum absolute atomic E-state index is 0.0312. The molecule has 2 nitrogen and oxygen atoms in total. The van der Waals surface area contributed by atoms with Crippen LogP contribution in [-0.4, -0.2) is 6.10 Å². The molecule has 2 rings (SSSR count). The van der Waals surface area contributed by atoms with Crippen molar-refractivity contribution in [1.82, 2.24) is 0 Å². The molecule has 0 spiro atoms. The van der Waals surface area contributed by atoms with Gasteiger partial charge in [-0.3, -0.25) is 0 Å². The molecule has 1 aliphatic rings. The summed E-state index contributed by atoms with van der Waals surface area (Å²) >= 11 is 0. The Hall–Kier alpha value is -0.860. The summed E-state index contributed by atoms with van der Waals surface area (Å²) in [5, 5.41) is 0. The fourth-order valence-corrected chi connectivity index (χ4v) is 1.73. The molecule has 2 atom stereocenters. The van der Waals surface area contributed by atoms with Gasteiger partial charge in [-0.15, -0.1) is 0 Å². The standard InChI is InChI=1S/C11H15NO/c1-7-3-4-9-6-13-8(2)11(12)10(9)5-7/h3-5,8,11H,6,12H2,1-2H3/t8-,11?/m1/s1. The molecule has 2 heteroatoms. The lowest BCUT2D eigenvalue weighted by molar-refractivity contribution is 0.0213. The highest BCUT2D eigenvalue weighted by atomic mass is 16.5. The second-order valence-electron chi connectivity index (χ2n) is 3.74. The molecule has 13 heavy (non-hydrogen) atoms. The fraction of sp³-hybridized carbons (Fsp3) is 0.455. The number of hydrogen-bond acceptors (Lipinski definition) is 2. The van der Waals surface area contributed by atoms with E-state index >= 15 is 0 Å². The minimum Gasteiger partial charge on any atom is -0.372 e. The summed E-state index contributed by atoms with van der Waals surface area (Å²) < 4.78 is 5.53. The molecule has 0 radical (unpaired) electrons. The number of ether oxygens (including phenoxy) is 1. The molecule has 1 aromatic carbocycles. The summed E-state index contributed by atoms with van der Waals surface area (Å²) in [6, 6.07) is 6.41. The molecular formula is C11H15NO. The quantitative estimate of drug-likeness (QED) is 0.657. The largest absolute Gasteiger partial charge is 0.372 e. The SMILES string of the molecule is Cc1ccc2c(c1)C(N)[C@@H](C)OC2. The van der Waals surface area contributed by atoms with Gasteiger partial charge in [-0.1, -0.05) is 23.8 Å². The van der Waals surface area contributed by atoms with Crippen molar-refractivity contribution in [3.8, 4) is 0 Å². The third-order valence-corrected chi connectivity index (χ3v) is 2.67. The smallest absolute Gasteiger partial charge is 0.0744 e. The van der Waals surface area contributed by atoms with Crippen LogP contribution in [0.1, 0.15) is 29.7 Å². The van der Waals surface area contributed by atoms with Gasteiger partial charge in [-0.25, -0.2) is 0 Å². The number of nitrogens with two attached hydrogens (primary N) is 1. The minimum atomic E-state index is 0.0312. The molecule has 0 amide bonds. The Morgan fingerprint density at radius 2 is 2.23 bits per heavy atom. The first-order chi connectivity index (χ1) is 6.18.